The van der Waals surface area contributed by atoms with Crippen molar-refractivity contribution in [3.05, 3.63) is 48.0 Å². The Morgan fingerprint density at radius 1 is 1.13 bits per heavy atom. The second-order valence-electron chi connectivity index (χ2n) is 6.56. The monoisotopic (exact) mass is 333 g/mol. The molecule has 0 spiro atoms. The minimum Gasteiger partial charge on any atom is -0.456 e. The van der Waals surface area contributed by atoms with Gasteiger partial charge in [0.1, 0.15) is 17.8 Å². The van der Waals surface area contributed by atoms with E-state index in [9.17, 15) is 8.60 Å². The number of rotatable bonds is 4. The molecule has 1 aromatic heterocycles. The van der Waals surface area contributed by atoms with Gasteiger partial charge in [0.15, 0.2) is 0 Å². The van der Waals surface area contributed by atoms with E-state index in [4.69, 9.17) is 4.42 Å². The van der Waals surface area contributed by atoms with Gasteiger partial charge in [0.25, 0.3) is 0 Å². The van der Waals surface area contributed by atoms with Crippen LogP contribution in [0.4, 0.5) is 4.39 Å². The first-order chi connectivity index (χ1) is 10.9. The summed E-state index contributed by atoms with van der Waals surface area (Å²) in [6.07, 6.45) is 0. The third-order valence-electron chi connectivity index (χ3n) is 3.76. The highest BCUT2D eigenvalue weighted by Gasteiger charge is 2.24. The minimum atomic E-state index is -1.33. The molecule has 0 aliphatic carbocycles. The van der Waals surface area contributed by atoms with Crippen molar-refractivity contribution in [3.8, 4) is 0 Å². The van der Waals surface area contributed by atoms with E-state index in [1.165, 1.54) is 0 Å². The summed E-state index contributed by atoms with van der Waals surface area (Å²) in [5.74, 6) is 0. The molecule has 3 nitrogen and oxygen atoms in total. The maximum Gasteiger partial charge on any atom is 0.135 e. The van der Waals surface area contributed by atoms with Gasteiger partial charge >= 0.3 is 0 Å². The summed E-state index contributed by atoms with van der Waals surface area (Å²) < 4.78 is 34.0. The number of furan rings is 1. The molecule has 0 saturated carbocycles. The highest BCUT2D eigenvalue weighted by molar-refractivity contribution is 7.84. The van der Waals surface area contributed by atoms with Crippen LogP contribution in [0.3, 0.4) is 0 Å². The highest BCUT2D eigenvalue weighted by Crippen LogP contribution is 2.31. The molecule has 23 heavy (non-hydrogen) atoms. The molecule has 0 bridgehead atoms. The van der Waals surface area contributed by atoms with Crippen LogP contribution in [0.1, 0.15) is 32.4 Å². The zero-order valence-corrected chi connectivity index (χ0v) is 14.2. The second-order valence-corrected chi connectivity index (χ2v) is 8.56. The Morgan fingerprint density at radius 3 is 2.52 bits per heavy atom. The fourth-order valence-corrected chi connectivity index (χ4v) is 3.27. The Kier molecular flexibility index (Phi) is 4.25. The van der Waals surface area contributed by atoms with E-state index in [0.29, 0.717) is 0 Å². The number of fused-ring (bicyclic) bond motifs is 3. The maximum atomic E-state index is 13.5. The number of para-hydroxylation sites is 1. The van der Waals surface area contributed by atoms with Gasteiger partial charge < -0.3 is 4.42 Å². The van der Waals surface area contributed by atoms with Crippen molar-refractivity contribution in [1.29, 1.82) is 0 Å². The number of nitrogens with one attached hydrogen (secondary N) is 1. The molecule has 0 radical (unpaired) electrons. The number of hydrogen-bond acceptors (Lipinski definition) is 2. The van der Waals surface area contributed by atoms with Gasteiger partial charge in [0.2, 0.25) is 0 Å². The van der Waals surface area contributed by atoms with Crippen LogP contribution in [0.15, 0.2) is 46.9 Å². The summed E-state index contributed by atoms with van der Waals surface area (Å²) >= 11 is 0. The van der Waals surface area contributed by atoms with E-state index in [1.54, 1.807) is 0 Å². The van der Waals surface area contributed by atoms with Crippen LogP contribution in [0, 0.1) is 0 Å². The predicted octanol–water partition coefficient (Wildman–Crippen LogP) is 4.65. The molecule has 2 aromatic carbocycles. The molecule has 0 amide bonds. The number of halogens is 1. The molecule has 0 saturated heterocycles. The minimum absolute atomic E-state index is 0.445. The topological polar surface area (TPSA) is 42.2 Å². The van der Waals surface area contributed by atoms with Crippen molar-refractivity contribution in [2.45, 2.75) is 31.6 Å². The van der Waals surface area contributed by atoms with Crippen LogP contribution < -0.4 is 4.72 Å². The smallest absolute Gasteiger partial charge is 0.135 e. The summed E-state index contributed by atoms with van der Waals surface area (Å²) in [6, 6.07) is 12.7. The van der Waals surface area contributed by atoms with E-state index in [0.717, 1.165) is 27.5 Å². The van der Waals surface area contributed by atoms with E-state index in [-0.39, 0.29) is 0 Å². The molecule has 5 heteroatoms. The fraction of sp³-hybridized carbons (Fsp3) is 0.333. The number of alkyl halides is 1. The molecule has 3 aromatic rings. The molecule has 1 N–H and O–H groups in total. The van der Waals surface area contributed by atoms with Crippen molar-refractivity contribution in [2.24, 2.45) is 0 Å². The largest absolute Gasteiger partial charge is 0.456 e. The molecule has 0 unspecified atom stereocenters. The molecule has 1 heterocycles. The quantitative estimate of drug-likeness (QED) is 0.755. The SMILES string of the molecule is CC(C)(C)[S@@](=O)N[C@H](CF)c1ccc2oc3ccccc3c2c1. The molecular weight excluding hydrogens is 313 g/mol. The molecule has 122 valence electrons. The summed E-state index contributed by atoms with van der Waals surface area (Å²) in [5.41, 5.74) is 2.34. The van der Waals surface area contributed by atoms with Crippen LogP contribution in [0.2, 0.25) is 0 Å². The first kappa shape index (κ1) is 16.1. The summed E-state index contributed by atoms with van der Waals surface area (Å²) in [4.78, 5) is 0. The van der Waals surface area contributed by atoms with Gasteiger partial charge in [-0.1, -0.05) is 24.3 Å². The molecule has 0 aliphatic rings. The van der Waals surface area contributed by atoms with Crippen molar-refractivity contribution >= 4 is 32.9 Å². The number of hydrogen-bond donors (Lipinski definition) is 1. The first-order valence-corrected chi connectivity index (χ1v) is 8.70. The van der Waals surface area contributed by atoms with E-state index in [2.05, 4.69) is 4.72 Å². The lowest BCUT2D eigenvalue weighted by Crippen LogP contribution is -2.36. The van der Waals surface area contributed by atoms with Crippen molar-refractivity contribution < 1.29 is 13.0 Å². The average Bonchev–Trinajstić information content (AvgIpc) is 2.89. The summed E-state index contributed by atoms with van der Waals surface area (Å²) in [7, 11) is -1.33. The standard InChI is InChI=1S/C18H20FNO2S/c1-18(2,3)23(21)20-15(11-19)12-8-9-17-14(10-12)13-6-4-5-7-16(13)22-17/h4-10,15,20H,11H2,1-3H3/t15-,23-/m1/s1. The normalized spacial score (nSPS) is 15.1. The Bertz CT molecular complexity index is 866. The van der Waals surface area contributed by atoms with Crippen LogP contribution in [0.5, 0.6) is 0 Å². The molecule has 2 atom stereocenters. The average molecular weight is 333 g/mol. The molecular formula is C18H20FNO2S. The lowest BCUT2D eigenvalue weighted by atomic mass is 10.0. The Balaban J connectivity index is 2.01. The third kappa shape index (κ3) is 3.16. The Morgan fingerprint density at radius 2 is 1.83 bits per heavy atom. The van der Waals surface area contributed by atoms with Gasteiger partial charge in [0.05, 0.1) is 21.8 Å². The second kappa shape index (κ2) is 6.06. The van der Waals surface area contributed by atoms with Gasteiger partial charge in [-0.15, -0.1) is 0 Å². The van der Waals surface area contributed by atoms with E-state index >= 15 is 0 Å². The summed E-state index contributed by atoms with van der Waals surface area (Å²) in [6.45, 7) is 4.96. The van der Waals surface area contributed by atoms with Gasteiger partial charge in [0, 0.05) is 10.8 Å². The molecule has 0 aliphatic heterocycles. The van der Waals surface area contributed by atoms with Crippen LogP contribution in [0.25, 0.3) is 21.9 Å². The van der Waals surface area contributed by atoms with E-state index < -0.39 is 28.4 Å². The van der Waals surface area contributed by atoms with Crippen LogP contribution >= 0.6 is 0 Å². The van der Waals surface area contributed by atoms with Gasteiger partial charge in [-0.2, -0.15) is 0 Å². The number of benzene rings is 2. The third-order valence-corrected chi connectivity index (χ3v) is 5.37. The van der Waals surface area contributed by atoms with Crippen molar-refractivity contribution in [3.63, 3.8) is 0 Å². The zero-order valence-electron chi connectivity index (χ0n) is 13.4. The Labute approximate surface area is 137 Å². The predicted molar refractivity (Wildman–Crippen MR) is 93.5 cm³/mol. The van der Waals surface area contributed by atoms with Gasteiger partial charge in [-0.3, -0.25) is 0 Å². The lowest BCUT2D eigenvalue weighted by Gasteiger charge is -2.22. The lowest BCUT2D eigenvalue weighted by molar-refractivity contribution is 0.418. The highest BCUT2D eigenvalue weighted by atomic mass is 32.2. The van der Waals surface area contributed by atoms with E-state index in [1.807, 2.05) is 63.2 Å². The fourth-order valence-electron chi connectivity index (χ4n) is 2.46. The first-order valence-electron chi connectivity index (χ1n) is 7.55. The van der Waals surface area contributed by atoms with Crippen molar-refractivity contribution in [2.75, 3.05) is 6.67 Å². The maximum absolute atomic E-state index is 13.5. The van der Waals surface area contributed by atoms with Gasteiger partial charge in [-0.25, -0.2) is 13.3 Å². The van der Waals surface area contributed by atoms with Gasteiger partial charge in [-0.05, 0) is 44.5 Å². The van der Waals surface area contributed by atoms with Crippen molar-refractivity contribution in [1.82, 2.24) is 4.72 Å². The zero-order chi connectivity index (χ0) is 16.6. The van der Waals surface area contributed by atoms with Crippen LogP contribution in [-0.4, -0.2) is 15.6 Å². The molecule has 0 fully saturated rings. The van der Waals surface area contributed by atoms with Crippen LogP contribution in [-0.2, 0) is 11.0 Å². The molecule has 3 rings (SSSR count). The Hall–Kier alpha value is -1.72. The summed E-state index contributed by atoms with van der Waals surface area (Å²) in [5, 5.41) is 1.94.